The van der Waals surface area contributed by atoms with E-state index in [0.717, 1.165) is 28.1 Å². The Hall–Kier alpha value is -3.31. The Morgan fingerprint density at radius 2 is 1.90 bits per heavy atom. The van der Waals surface area contributed by atoms with Gasteiger partial charge in [0.2, 0.25) is 0 Å². The largest absolute Gasteiger partial charge is 0.292 e. The van der Waals surface area contributed by atoms with Gasteiger partial charge in [0.15, 0.2) is 17.1 Å². The summed E-state index contributed by atoms with van der Waals surface area (Å²) in [6.45, 7) is 1.94. The molecule has 0 bridgehead atoms. The average Bonchev–Trinajstić information content (AvgIpc) is 3.09. The standard InChI is InChI=1S/C24H19ClN4O/c1-15-22(18-8-5-9-19(25)14-18)24-27-26-23-20(29(24)28-15)12-17(13-21(23)30)11-10-16-6-3-2-4-7-16/h2-11,14,17H,12-13H2,1H3/b11-10+/t17-/m1/s1. The van der Waals surface area contributed by atoms with Crippen molar-refractivity contribution in [2.24, 2.45) is 5.92 Å². The van der Waals surface area contributed by atoms with Crippen LogP contribution in [0.1, 0.15) is 33.9 Å². The molecule has 0 amide bonds. The fourth-order valence-corrected chi connectivity index (χ4v) is 4.23. The van der Waals surface area contributed by atoms with Gasteiger partial charge < -0.3 is 0 Å². The number of Topliss-reactive ketones (excluding diaryl/α,β-unsaturated/α-hetero) is 1. The summed E-state index contributed by atoms with van der Waals surface area (Å²) in [5.41, 5.74) is 5.66. The Bertz CT molecular complexity index is 1290. The summed E-state index contributed by atoms with van der Waals surface area (Å²) >= 11 is 6.19. The Labute approximate surface area is 179 Å². The lowest BCUT2D eigenvalue weighted by Gasteiger charge is -2.20. The van der Waals surface area contributed by atoms with Crippen molar-refractivity contribution in [3.63, 3.8) is 0 Å². The highest BCUT2D eigenvalue weighted by Crippen LogP contribution is 2.32. The second kappa shape index (κ2) is 7.50. The molecule has 2 aromatic carbocycles. The Kier molecular flexibility index (Phi) is 4.68. The molecule has 0 N–H and O–H groups in total. The second-order valence-corrected chi connectivity index (χ2v) is 8.00. The van der Waals surface area contributed by atoms with Gasteiger partial charge in [-0.2, -0.15) is 5.10 Å². The van der Waals surface area contributed by atoms with Crippen molar-refractivity contribution in [2.45, 2.75) is 19.8 Å². The summed E-state index contributed by atoms with van der Waals surface area (Å²) < 4.78 is 1.79. The maximum atomic E-state index is 12.8. The molecule has 6 heteroatoms. The van der Waals surface area contributed by atoms with Crippen LogP contribution in [0.15, 0.2) is 60.7 Å². The molecule has 30 heavy (non-hydrogen) atoms. The minimum absolute atomic E-state index is 0.00539. The van der Waals surface area contributed by atoms with Crippen LogP contribution in [-0.4, -0.2) is 25.6 Å². The van der Waals surface area contributed by atoms with E-state index in [2.05, 4.69) is 22.3 Å². The zero-order chi connectivity index (χ0) is 20.7. The SMILES string of the molecule is Cc1nn2c3c(nnc2c1-c1cccc(Cl)c1)C(=O)C[C@H](/C=C/c1ccccc1)C3. The highest BCUT2D eigenvalue weighted by molar-refractivity contribution is 6.30. The van der Waals surface area contributed by atoms with Crippen molar-refractivity contribution in [2.75, 3.05) is 0 Å². The molecule has 1 atom stereocenters. The number of ketones is 1. The molecule has 2 heterocycles. The van der Waals surface area contributed by atoms with Crippen molar-refractivity contribution in [1.29, 1.82) is 0 Å². The van der Waals surface area contributed by atoms with E-state index in [0.29, 0.717) is 29.2 Å². The zero-order valence-corrected chi connectivity index (χ0v) is 17.2. The summed E-state index contributed by atoms with van der Waals surface area (Å²) in [4.78, 5) is 12.8. The van der Waals surface area contributed by atoms with Crippen LogP contribution < -0.4 is 0 Å². The van der Waals surface area contributed by atoms with Gasteiger partial charge in [-0.3, -0.25) is 4.79 Å². The third kappa shape index (κ3) is 3.31. The molecular weight excluding hydrogens is 396 g/mol. The number of hydrogen-bond donors (Lipinski definition) is 0. The second-order valence-electron chi connectivity index (χ2n) is 7.56. The summed E-state index contributed by atoms with van der Waals surface area (Å²) in [6.07, 6.45) is 5.29. The van der Waals surface area contributed by atoms with Crippen molar-refractivity contribution in [1.82, 2.24) is 19.8 Å². The van der Waals surface area contributed by atoms with E-state index in [1.165, 1.54) is 0 Å². The van der Waals surface area contributed by atoms with Crippen LogP contribution in [0.5, 0.6) is 0 Å². The minimum Gasteiger partial charge on any atom is -0.292 e. The lowest BCUT2D eigenvalue weighted by molar-refractivity contribution is 0.0950. The van der Waals surface area contributed by atoms with E-state index in [1.54, 1.807) is 4.52 Å². The molecule has 0 unspecified atom stereocenters. The van der Waals surface area contributed by atoms with E-state index in [1.807, 2.05) is 61.5 Å². The molecular formula is C24H19ClN4O. The molecule has 2 aromatic heterocycles. The monoisotopic (exact) mass is 414 g/mol. The van der Waals surface area contributed by atoms with Gasteiger partial charge in [-0.15, -0.1) is 10.2 Å². The number of rotatable bonds is 3. The highest BCUT2D eigenvalue weighted by atomic mass is 35.5. The van der Waals surface area contributed by atoms with Crippen LogP contribution in [0, 0.1) is 12.8 Å². The van der Waals surface area contributed by atoms with Crippen LogP contribution in [0.25, 0.3) is 22.9 Å². The van der Waals surface area contributed by atoms with Crippen molar-refractivity contribution < 1.29 is 4.79 Å². The quantitative estimate of drug-likeness (QED) is 0.461. The Morgan fingerprint density at radius 3 is 2.70 bits per heavy atom. The molecule has 0 saturated carbocycles. The smallest absolute Gasteiger partial charge is 0.185 e. The van der Waals surface area contributed by atoms with Gasteiger partial charge in [0.05, 0.1) is 17.0 Å². The van der Waals surface area contributed by atoms with E-state index in [9.17, 15) is 4.79 Å². The summed E-state index contributed by atoms with van der Waals surface area (Å²) in [5, 5.41) is 14.0. The van der Waals surface area contributed by atoms with Crippen molar-refractivity contribution in [3.8, 4) is 11.1 Å². The first-order chi connectivity index (χ1) is 14.6. The van der Waals surface area contributed by atoms with E-state index >= 15 is 0 Å². The van der Waals surface area contributed by atoms with Gasteiger partial charge in [-0.1, -0.05) is 66.2 Å². The molecule has 1 aliphatic carbocycles. The normalized spacial score (nSPS) is 16.3. The number of aromatic nitrogens is 4. The first-order valence-corrected chi connectivity index (χ1v) is 10.3. The lowest BCUT2D eigenvalue weighted by Crippen LogP contribution is -2.24. The number of nitrogens with zero attached hydrogens (tertiary/aromatic N) is 4. The predicted molar refractivity (Wildman–Crippen MR) is 118 cm³/mol. The van der Waals surface area contributed by atoms with Crippen molar-refractivity contribution in [3.05, 3.63) is 88.3 Å². The van der Waals surface area contributed by atoms with E-state index < -0.39 is 0 Å². The highest BCUT2D eigenvalue weighted by Gasteiger charge is 2.29. The van der Waals surface area contributed by atoms with Gasteiger partial charge >= 0.3 is 0 Å². The van der Waals surface area contributed by atoms with Gasteiger partial charge in [-0.05, 0) is 42.5 Å². The Morgan fingerprint density at radius 1 is 1.07 bits per heavy atom. The first kappa shape index (κ1) is 18.7. The number of benzene rings is 2. The van der Waals surface area contributed by atoms with E-state index in [4.69, 9.17) is 16.7 Å². The molecule has 148 valence electrons. The van der Waals surface area contributed by atoms with Crippen LogP contribution in [-0.2, 0) is 6.42 Å². The lowest BCUT2D eigenvalue weighted by atomic mass is 9.88. The number of carbonyl (C=O) groups excluding carboxylic acids is 1. The van der Waals surface area contributed by atoms with Gasteiger partial charge in [-0.25, -0.2) is 4.52 Å². The molecule has 0 spiro atoms. The fraction of sp³-hybridized carbons (Fsp3) is 0.167. The fourth-order valence-electron chi connectivity index (χ4n) is 4.04. The van der Waals surface area contributed by atoms with Crippen molar-refractivity contribution >= 4 is 29.1 Å². The number of allylic oxidation sites excluding steroid dienone is 1. The van der Waals surface area contributed by atoms with Crippen LogP contribution in [0.2, 0.25) is 5.02 Å². The van der Waals surface area contributed by atoms with E-state index in [-0.39, 0.29) is 11.7 Å². The number of fused-ring (bicyclic) bond motifs is 3. The molecule has 0 fully saturated rings. The first-order valence-electron chi connectivity index (χ1n) is 9.87. The summed E-state index contributed by atoms with van der Waals surface area (Å²) in [6, 6.07) is 17.7. The average molecular weight is 415 g/mol. The number of carbonyl (C=O) groups is 1. The third-order valence-corrected chi connectivity index (χ3v) is 5.69. The molecule has 0 saturated heterocycles. The molecule has 0 aliphatic heterocycles. The topological polar surface area (TPSA) is 60.1 Å². The third-order valence-electron chi connectivity index (χ3n) is 5.45. The van der Waals surface area contributed by atoms with Gasteiger partial charge in [0.1, 0.15) is 0 Å². The molecule has 1 aliphatic rings. The summed E-state index contributed by atoms with van der Waals surface area (Å²) in [5.74, 6) is 0.0996. The van der Waals surface area contributed by atoms with Crippen LogP contribution in [0.3, 0.4) is 0 Å². The predicted octanol–water partition coefficient (Wildman–Crippen LogP) is 5.21. The minimum atomic E-state index is 0.00539. The summed E-state index contributed by atoms with van der Waals surface area (Å²) in [7, 11) is 0. The Balaban J connectivity index is 1.57. The van der Waals surface area contributed by atoms with Crippen LogP contribution in [0.4, 0.5) is 0 Å². The number of aryl methyl sites for hydroxylation is 1. The number of halogens is 1. The van der Waals surface area contributed by atoms with Gasteiger partial charge in [0.25, 0.3) is 0 Å². The zero-order valence-electron chi connectivity index (χ0n) is 16.4. The maximum absolute atomic E-state index is 12.8. The van der Waals surface area contributed by atoms with Crippen LogP contribution >= 0.6 is 11.6 Å². The molecule has 0 radical (unpaired) electrons. The van der Waals surface area contributed by atoms with Gasteiger partial charge in [0, 0.05) is 11.4 Å². The molecule has 4 aromatic rings. The number of hydrogen-bond acceptors (Lipinski definition) is 4. The molecule has 5 rings (SSSR count). The molecule has 5 nitrogen and oxygen atoms in total. The maximum Gasteiger partial charge on any atom is 0.185 e.